The Balaban J connectivity index is 2.06. The zero-order chi connectivity index (χ0) is 13.1. The van der Waals surface area contributed by atoms with E-state index in [1.807, 2.05) is 0 Å². The van der Waals surface area contributed by atoms with E-state index in [1.54, 1.807) is 23.5 Å². The number of methoxy groups -OCH3 is 1. The predicted molar refractivity (Wildman–Crippen MR) is 73.3 cm³/mol. The number of nitrogens with zero attached hydrogens (tertiary/aromatic N) is 1. The summed E-state index contributed by atoms with van der Waals surface area (Å²) >= 11 is 6.26. The number of amides is 1. The number of hydrogen-bond donors (Lipinski definition) is 1. The molecule has 1 aliphatic heterocycles. The van der Waals surface area contributed by atoms with Gasteiger partial charge in [0.15, 0.2) is 0 Å². The lowest BCUT2D eigenvalue weighted by Crippen LogP contribution is -2.49. The van der Waals surface area contributed by atoms with Crippen LogP contribution >= 0.6 is 23.6 Å². The Bertz CT molecular complexity index is 461. The van der Waals surface area contributed by atoms with E-state index < -0.39 is 0 Å². The first-order chi connectivity index (χ1) is 8.61. The van der Waals surface area contributed by atoms with E-state index in [1.165, 1.54) is 11.3 Å². The average molecular weight is 286 g/mol. The van der Waals surface area contributed by atoms with E-state index in [0.717, 1.165) is 0 Å². The Morgan fingerprint density at radius 1 is 1.72 bits per heavy atom. The van der Waals surface area contributed by atoms with E-state index >= 15 is 0 Å². The lowest BCUT2D eigenvalue weighted by atomic mass is 10.2. The van der Waals surface area contributed by atoms with Crippen molar-refractivity contribution in [2.75, 3.05) is 26.8 Å². The van der Waals surface area contributed by atoms with Crippen molar-refractivity contribution < 1.29 is 14.3 Å². The Kier molecular flexibility index (Phi) is 4.15. The fourth-order valence-corrected chi connectivity index (χ4v) is 2.66. The van der Waals surface area contributed by atoms with Gasteiger partial charge in [-0.25, -0.2) is 0 Å². The predicted octanol–water partition coefficient (Wildman–Crippen LogP) is 0.884. The van der Waals surface area contributed by atoms with E-state index in [0.29, 0.717) is 30.3 Å². The number of thiophene rings is 1. The van der Waals surface area contributed by atoms with Gasteiger partial charge in [-0.3, -0.25) is 4.79 Å². The van der Waals surface area contributed by atoms with Gasteiger partial charge < -0.3 is 20.1 Å². The largest absolute Gasteiger partial charge is 0.496 e. The van der Waals surface area contributed by atoms with Crippen molar-refractivity contribution in [3.63, 3.8) is 0 Å². The van der Waals surface area contributed by atoms with Gasteiger partial charge in [0.1, 0.15) is 16.8 Å². The number of ether oxygens (including phenoxy) is 2. The minimum atomic E-state index is -0.348. The molecule has 1 unspecified atom stereocenters. The molecule has 98 valence electrons. The maximum atomic E-state index is 12.2. The molecule has 0 bridgehead atoms. The second kappa shape index (κ2) is 5.64. The summed E-state index contributed by atoms with van der Waals surface area (Å²) in [6.07, 6.45) is -0.348. The molecule has 0 saturated carbocycles. The number of morpholine rings is 1. The molecule has 1 saturated heterocycles. The van der Waals surface area contributed by atoms with Crippen molar-refractivity contribution in [2.24, 2.45) is 5.73 Å². The SMILES string of the molecule is COc1csc(C(=O)N2CCOC(C(N)=S)C2)c1. The normalized spacial score (nSPS) is 19.6. The Morgan fingerprint density at radius 3 is 3.11 bits per heavy atom. The topological polar surface area (TPSA) is 64.8 Å². The smallest absolute Gasteiger partial charge is 0.264 e. The maximum absolute atomic E-state index is 12.2. The molecule has 1 aliphatic rings. The van der Waals surface area contributed by atoms with Gasteiger partial charge in [-0.1, -0.05) is 12.2 Å². The van der Waals surface area contributed by atoms with Crippen LogP contribution in [0.25, 0.3) is 0 Å². The number of carbonyl (C=O) groups is 1. The quantitative estimate of drug-likeness (QED) is 0.836. The fraction of sp³-hybridized carbons (Fsp3) is 0.455. The molecular formula is C11H14N2O3S2. The van der Waals surface area contributed by atoms with Crippen LogP contribution in [0.2, 0.25) is 0 Å². The number of carbonyl (C=O) groups excluding carboxylic acids is 1. The molecule has 7 heteroatoms. The van der Waals surface area contributed by atoms with Gasteiger partial charge in [0.25, 0.3) is 5.91 Å². The molecule has 2 heterocycles. The van der Waals surface area contributed by atoms with E-state index in [9.17, 15) is 4.79 Å². The number of thiocarbonyl (C=S) groups is 1. The summed E-state index contributed by atoms with van der Waals surface area (Å²) in [5.41, 5.74) is 5.54. The van der Waals surface area contributed by atoms with Crippen molar-refractivity contribution in [3.8, 4) is 5.75 Å². The summed E-state index contributed by atoms with van der Waals surface area (Å²) in [5, 5.41) is 1.80. The van der Waals surface area contributed by atoms with Crippen LogP contribution in [0.3, 0.4) is 0 Å². The minimum absolute atomic E-state index is 0.0344. The molecule has 0 spiro atoms. The molecule has 5 nitrogen and oxygen atoms in total. The van der Waals surface area contributed by atoms with Gasteiger partial charge in [-0.05, 0) is 0 Å². The summed E-state index contributed by atoms with van der Waals surface area (Å²) in [5.74, 6) is 0.662. The van der Waals surface area contributed by atoms with E-state index in [2.05, 4.69) is 0 Å². The fourth-order valence-electron chi connectivity index (χ4n) is 1.70. The lowest BCUT2D eigenvalue weighted by Gasteiger charge is -2.32. The molecule has 2 N–H and O–H groups in total. The van der Waals surface area contributed by atoms with Crippen LogP contribution in [0.1, 0.15) is 9.67 Å². The lowest BCUT2D eigenvalue weighted by molar-refractivity contribution is 0.00902. The van der Waals surface area contributed by atoms with Crippen LogP contribution in [-0.4, -0.2) is 48.7 Å². The van der Waals surface area contributed by atoms with Gasteiger partial charge in [0.05, 0.1) is 25.1 Å². The molecule has 1 amide bonds. The molecule has 1 fully saturated rings. The van der Waals surface area contributed by atoms with Crippen molar-refractivity contribution in [1.29, 1.82) is 0 Å². The highest BCUT2D eigenvalue weighted by atomic mass is 32.1. The maximum Gasteiger partial charge on any atom is 0.264 e. The standard InChI is InChI=1S/C11H14N2O3S2/c1-15-7-4-9(18-6-7)11(14)13-2-3-16-8(5-13)10(12)17/h4,6,8H,2-3,5H2,1H3,(H2,12,17). The van der Waals surface area contributed by atoms with Gasteiger partial charge in [0.2, 0.25) is 0 Å². The third kappa shape index (κ3) is 2.80. The third-order valence-corrected chi connectivity index (χ3v) is 3.85. The Labute approximate surface area is 114 Å². The minimum Gasteiger partial charge on any atom is -0.496 e. The zero-order valence-electron chi connectivity index (χ0n) is 9.92. The summed E-state index contributed by atoms with van der Waals surface area (Å²) in [7, 11) is 1.58. The molecule has 1 aromatic heterocycles. The van der Waals surface area contributed by atoms with Crippen LogP contribution in [-0.2, 0) is 4.74 Å². The monoisotopic (exact) mass is 286 g/mol. The average Bonchev–Trinajstić information content (AvgIpc) is 2.86. The van der Waals surface area contributed by atoms with Crippen molar-refractivity contribution in [2.45, 2.75) is 6.10 Å². The first-order valence-corrected chi connectivity index (χ1v) is 6.73. The Morgan fingerprint density at radius 2 is 2.50 bits per heavy atom. The van der Waals surface area contributed by atoms with Gasteiger partial charge >= 0.3 is 0 Å². The summed E-state index contributed by atoms with van der Waals surface area (Å²) in [6.45, 7) is 1.42. The third-order valence-electron chi connectivity index (χ3n) is 2.69. The number of hydrogen-bond acceptors (Lipinski definition) is 5. The molecule has 0 aliphatic carbocycles. The Hall–Kier alpha value is -1.18. The second-order valence-corrected chi connectivity index (χ2v) is 5.25. The van der Waals surface area contributed by atoms with Gasteiger partial charge in [0, 0.05) is 18.0 Å². The summed E-state index contributed by atoms with van der Waals surface area (Å²) < 4.78 is 10.5. The van der Waals surface area contributed by atoms with Crippen LogP contribution < -0.4 is 10.5 Å². The highest BCUT2D eigenvalue weighted by Crippen LogP contribution is 2.23. The number of nitrogens with two attached hydrogens (primary N) is 1. The highest BCUT2D eigenvalue weighted by molar-refractivity contribution is 7.80. The molecule has 1 atom stereocenters. The first kappa shape index (κ1) is 13.3. The number of rotatable bonds is 3. The van der Waals surface area contributed by atoms with Crippen LogP contribution in [0.4, 0.5) is 0 Å². The van der Waals surface area contributed by atoms with Crippen LogP contribution in [0, 0.1) is 0 Å². The summed E-state index contributed by atoms with van der Waals surface area (Å²) in [6, 6.07) is 1.73. The second-order valence-electron chi connectivity index (χ2n) is 3.86. The van der Waals surface area contributed by atoms with Crippen molar-refractivity contribution in [3.05, 3.63) is 16.3 Å². The molecule has 0 aromatic carbocycles. The van der Waals surface area contributed by atoms with Crippen molar-refractivity contribution >= 4 is 34.5 Å². The summed E-state index contributed by atoms with van der Waals surface area (Å²) in [4.78, 5) is 14.9. The molecular weight excluding hydrogens is 272 g/mol. The first-order valence-electron chi connectivity index (χ1n) is 5.44. The zero-order valence-corrected chi connectivity index (χ0v) is 11.6. The molecule has 1 aromatic rings. The van der Waals surface area contributed by atoms with Crippen LogP contribution in [0.5, 0.6) is 5.75 Å². The van der Waals surface area contributed by atoms with E-state index in [4.69, 9.17) is 27.4 Å². The molecule has 0 radical (unpaired) electrons. The van der Waals surface area contributed by atoms with Gasteiger partial charge in [-0.2, -0.15) is 0 Å². The van der Waals surface area contributed by atoms with E-state index in [-0.39, 0.29) is 17.0 Å². The molecule has 18 heavy (non-hydrogen) atoms. The van der Waals surface area contributed by atoms with Crippen molar-refractivity contribution in [1.82, 2.24) is 4.90 Å². The van der Waals surface area contributed by atoms with Crippen LogP contribution in [0.15, 0.2) is 11.4 Å². The van der Waals surface area contributed by atoms with Gasteiger partial charge in [-0.15, -0.1) is 11.3 Å². The highest BCUT2D eigenvalue weighted by Gasteiger charge is 2.27. The molecule has 2 rings (SSSR count).